The molecule has 0 aromatic rings. The van der Waals surface area contributed by atoms with Gasteiger partial charge in [0.25, 0.3) is 0 Å². The van der Waals surface area contributed by atoms with Gasteiger partial charge in [-0.05, 0) is 32.7 Å². The molecule has 0 atom stereocenters. The molecule has 2 fully saturated rings. The van der Waals surface area contributed by atoms with E-state index in [0.29, 0.717) is 18.9 Å². The molecule has 1 aliphatic carbocycles. The number of nitrogens with one attached hydrogen (secondary N) is 1. The number of carbonyl (C=O) groups excluding carboxylic acids is 2. The maximum absolute atomic E-state index is 11.5. The Morgan fingerprint density at radius 3 is 2.07 bits per heavy atom. The van der Waals surface area contributed by atoms with E-state index < -0.39 is 0 Å². The fraction of sp³-hybridized carbons (Fsp3) is 0.818. The fourth-order valence-corrected chi connectivity index (χ4v) is 2.62. The Morgan fingerprint density at radius 1 is 1.07 bits per heavy atom. The fourth-order valence-electron chi connectivity index (χ4n) is 2.62. The summed E-state index contributed by atoms with van der Waals surface area (Å²) < 4.78 is 0. The monoisotopic (exact) mass is 210 g/mol. The normalized spacial score (nSPS) is 32.5. The number of nitrogens with zero attached hydrogens (tertiary/aromatic N) is 1. The molecule has 0 aromatic heterocycles. The van der Waals surface area contributed by atoms with Gasteiger partial charge >= 0.3 is 0 Å². The number of amides is 2. The van der Waals surface area contributed by atoms with Crippen LogP contribution in [0.4, 0.5) is 0 Å². The third kappa shape index (κ3) is 2.04. The highest BCUT2D eigenvalue weighted by Crippen LogP contribution is 2.27. The van der Waals surface area contributed by atoms with Gasteiger partial charge in [-0.25, -0.2) is 0 Å². The molecule has 1 aliphatic heterocycles. The van der Waals surface area contributed by atoms with Crippen molar-refractivity contribution in [2.45, 2.75) is 50.6 Å². The maximum Gasteiger partial charge on any atom is 0.229 e. The van der Waals surface area contributed by atoms with Gasteiger partial charge in [-0.15, -0.1) is 0 Å². The van der Waals surface area contributed by atoms with Gasteiger partial charge in [0.2, 0.25) is 11.8 Å². The quantitative estimate of drug-likeness (QED) is 0.681. The Balaban J connectivity index is 1.95. The van der Waals surface area contributed by atoms with Crippen molar-refractivity contribution in [3.8, 4) is 0 Å². The summed E-state index contributed by atoms with van der Waals surface area (Å²) in [6, 6.07) is 0.742. The lowest BCUT2D eigenvalue weighted by Crippen LogP contribution is -2.44. The molecule has 1 heterocycles. The summed E-state index contributed by atoms with van der Waals surface area (Å²) in [5, 5.41) is 3.25. The van der Waals surface area contributed by atoms with Crippen LogP contribution < -0.4 is 5.32 Å². The molecule has 2 amide bonds. The highest BCUT2D eigenvalue weighted by Gasteiger charge is 2.36. The summed E-state index contributed by atoms with van der Waals surface area (Å²) in [4.78, 5) is 24.6. The molecule has 1 N–H and O–H groups in total. The van der Waals surface area contributed by atoms with Gasteiger partial charge in [0.15, 0.2) is 0 Å². The van der Waals surface area contributed by atoms with Crippen molar-refractivity contribution in [1.82, 2.24) is 10.2 Å². The van der Waals surface area contributed by atoms with E-state index in [0.717, 1.165) is 25.7 Å². The van der Waals surface area contributed by atoms with E-state index in [9.17, 15) is 9.59 Å². The third-order valence-corrected chi connectivity index (χ3v) is 3.56. The number of rotatable bonds is 2. The Labute approximate surface area is 90.0 Å². The summed E-state index contributed by atoms with van der Waals surface area (Å²) in [6.45, 7) is 0. The van der Waals surface area contributed by atoms with Crippen molar-refractivity contribution in [2.75, 3.05) is 7.05 Å². The largest absolute Gasteiger partial charge is 0.317 e. The molecule has 15 heavy (non-hydrogen) atoms. The second kappa shape index (κ2) is 4.31. The van der Waals surface area contributed by atoms with Crippen LogP contribution in [-0.4, -0.2) is 35.8 Å². The number of imide groups is 1. The van der Waals surface area contributed by atoms with Crippen LogP contribution in [0.5, 0.6) is 0 Å². The number of carbonyl (C=O) groups is 2. The van der Waals surface area contributed by atoms with E-state index in [1.165, 1.54) is 4.90 Å². The molecule has 0 spiro atoms. The number of hydrogen-bond donors (Lipinski definition) is 1. The summed E-state index contributed by atoms with van der Waals surface area (Å²) in [7, 11) is 1.97. The van der Waals surface area contributed by atoms with E-state index in [1.54, 1.807) is 0 Å². The van der Waals surface area contributed by atoms with E-state index in [1.807, 2.05) is 7.05 Å². The van der Waals surface area contributed by atoms with Crippen molar-refractivity contribution in [3.05, 3.63) is 0 Å². The van der Waals surface area contributed by atoms with Gasteiger partial charge in [-0.3, -0.25) is 14.5 Å². The molecule has 2 aliphatic rings. The molecular weight excluding hydrogens is 192 g/mol. The van der Waals surface area contributed by atoms with Gasteiger partial charge in [-0.1, -0.05) is 0 Å². The first-order chi connectivity index (χ1) is 7.22. The van der Waals surface area contributed by atoms with Crippen LogP contribution in [0.1, 0.15) is 38.5 Å². The average molecular weight is 210 g/mol. The molecule has 4 heteroatoms. The van der Waals surface area contributed by atoms with Crippen LogP contribution >= 0.6 is 0 Å². The lowest BCUT2D eigenvalue weighted by molar-refractivity contribution is -0.141. The third-order valence-electron chi connectivity index (χ3n) is 3.56. The predicted molar refractivity (Wildman–Crippen MR) is 56.2 cm³/mol. The van der Waals surface area contributed by atoms with Gasteiger partial charge in [0.05, 0.1) is 0 Å². The van der Waals surface area contributed by atoms with Gasteiger partial charge < -0.3 is 5.32 Å². The summed E-state index contributed by atoms with van der Waals surface area (Å²) >= 11 is 0. The van der Waals surface area contributed by atoms with Crippen LogP contribution in [0, 0.1) is 0 Å². The van der Waals surface area contributed by atoms with E-state index >= 15 is 0 Å². The molecule has 0 radical (unpaired) electrons. The SMILES string of the molecule is CNC1CCC(N2C(=O)CCC2=O)CC1. The Kier molecular flexibility index (Phi) is 3.05. The summed E-state index contributed by atoms with van der Waals surface area (Å²) in [5.74, 6) is 0.0702. The van der Waals surface area contributed by atoms with Gasteiger partial charge in [0.1, 0.15) is 0 Å². The molecule has 1 saturated heterocycles. The van der Waals surface area contributed by atoms with Crippen molar-refractivity contribution < 1.29 is 9.59 Å². The van der Waals surface area contributed by atoms with Crippen molar-refractivity contribution in [2.24, 2.45) is 0 Å². The van der Waals surface area contributed by atoms with Gasteiger partial charge in [-0.2, -0.15) is 0 Å². The zero-order valence-corrected chi connectivity index (χ0v) is 9.16. The van der Waals surface area contributed by atoms with E-state index in [2.05, 4.69) is 5.32 Å². The zero-order chi connectivity index (χ0) is 10.8. The minimum atomic E-state index is 0.0351. The van der Waals surface area contributed by atoms with Crippen LogP contribution in [0.25, 0.3) is 0 Å². The average Bonchev–Trinajstić information content (AvgIpc) is 2.59. The van der Waals surface area contributed by atoms with E-state index in [4.69, 9.17) is 0 Å². The van der Waals surface area contributed by atoms with Crippen LogP contribution in [0.15, 0.2) is 0 Å². The van der Waals surface area contributed by atoms with Crippen LogP contribution in [0.3, 0.4) is 0 Å². The maximum atomic E-state index is 11.5. The van der Waals surface area contributed by atoms with E-state index in [-0.39, 0.29) is 17.9 Å². The first-order valence-corrected chi connectivity index (χ1v) is 5.74. The molecule has 1 saturated carbocycles. The lowest BCUT2D eigenvalue weighted by atomic mass is 9.90. The summed E-state index contributed by atoms with van der Waals surface area (Å²) in [6.07, 6.45) is 4.90. The van der Waals surface area contributed by atoms with Crippen molar-refractivity contribution >= 4 is 11.8 Å². The first kappa shape index (κ1) is 10.6. The van der Waals surface area contributed by atoms with Crippen LogP contribution in [-0.2, 0) is 9.59 Å². The Morgan fingerprint density at radius 2 is 1.60 bits per heavy atom. The second-order valence-electron chi connectivity index (χ2n) is 4.45. The smallest absolute Gasteiger partial charge is 0.229 e. The van der Waals surface area contributed by atoms with Crippen molar-refractivity contribution in [1.29, 1.82) is 0 Å². The molecule has 2 rings (SSSR count). The zero-order valence-electron chi connectivity index (χ0n) is 9.16. The Hall–Kier alpha value is -0.900. The standard InChI is InChI=1S/C11H18N2O2/c1-12-8-2-4-9(5-3-8)13-10(14)6-7-11(13)15/h8-9,12H,2-7H2,1H3. The summed E-state index contributed by atoms with van der Waals surface area (Å²) in [5.41, 5.74) is 0. The predicted octanol–water partition coefficient (Wildman–Crippen LogP) is 0.666. The molecule has 84 valence electrons. The lowest BCUT2D eigenvalue weighted by Gasteiger charge is -2.33. The molecule has 0 aromatic carbocycles. The highest BCUT2D eigenvalue weighted by atomic mass is 16.2. The minimum absolute atomic E-state index is 0.0351. The minimum Gasteiger partial charge on any atom is -0.317 e. The van der Waals surface area contributed by atoms with Crippen molar-refractivity contribution in [3.63, 3.8) is 0 Å². The first-order valence-electron chi connectivity index (χ1n) is 5.74. The molecular formula is C11H18N2O2. The van der Waals surface area contributed by atoms with Gasteiger partial charge in [0, 0.05) is 24.9 Å². The highest BCUT2D eigenvalue weighted by molar-refractivity contribution is 6.02. The molecule has 0 unspecified atom stereocenters. The number of hydrogen-bond acceptors (Lipinski definition) is 3. The topological polar surface area (TPSA) is 49.4 Å². The molecule has 4 nitrogen and oxygen atoms in total. The number of likely N-dealkylation sites (tertiary alicyclic amines) is 1. The van der Waals surface area contributed by atoms with Crippen LogP contribution in [0.2, 0.25) is 0 Å². The molecule has 0 bridgehead atoms. The second-order valence-corrected chi connectivity index (χ2v) is 4.45. The Bertz CT molecular complexity index is 254.